The minimum absolute atomic E-state index is 0.622. The van der Waals surface area contributed by atoms with Gasteiger partial charge in [0.1, 0.15) is 0 Å². The van der Waals surface area contributed by atoms with Crippen molar-refractivity contribution in [2.45, 2.75) is 12.8 Å². The molecule has 0 unspecified atom stereocenters. The Kier molecular flexibility index (Phi) is 3.94. The van der Waals surface area contributed by atoms with Crippen LogP contribution in [0, 0.1) is 0 Å². The number of rotatable bonds is 5. The van der Waals surface area contributed by atoms with Crippen molar-refractivity contribution >= 4 is 0 Å². The summed E-state index contributed by atoms with van der Waals surface area (Å²) in [5.74, 6) is 0. The number of hydrogen-bond acceptors (Lipinski definition) is 2. The van der Waals surface area contributed by atoms with Crippen LogP contribution in [0.3, 0.4) is 0 Å². The summed E-state index contributed by atoms with van der Waals surface area (Å²) >= 11 is 0. The summed E-state index contributed by atoms with van der Waals surface area (Å²) in [5, 5.41) is 0. The van der Waals surface area contributed by atoms with Crippen molar-refractivity contribution in [2.75, 3.05) is 19.8 Å². The van der Waals surface area contributed by atoms with E-state index in [4.69, 9.17) is 10.5 Å². The van der Waals surface area contributed by atoms with Crippen molar-refractivity contribution in [3.63, 3.8) is 0 Å². The molecule has 11 heavy (non-hydrogen) atoms. The standard InChI is InChI=1S/C9H15NO/c10-6-8-11-7-5-9-3-1-2-4-9/h1-3H,4-8,10H2. The predicted octanol–water partition coefficient (Wildman–Crippen LogP) is 1.24. The van der Waals surface area contributed by atoms with Crippen LogP contribution in [0.25, 0.3) is 0 Å². The minimum atomic E-state index is 0.622. The summed E-state index contributed by atoms with van der Waals surface area (Å²) in [5.41, 5.74) is 6.73. The highest BCUT2D eigenvalue weighted by atomic mass is 16.5. The van der Waals surface area contributed by atoms with E-state index in [9.17, 15) is 0 Å². The fraction of sp³-hybridized carbons (Fsp3) is 0.556. The van der Waals surface area contributed by atoms with Crippen LogP contribution < -0.4 is 5.73 Å². The van der Waals surface area contributed by atoms with Gasteiger partial charge in [0.05, 0.1) is 13.2 Å². The minimum Gasteiger partial charge on any atom is -0.380 e. The predicted molar refractivity (Wildman–Crippen MR) is 46.3 cm³/mol. The molecule has 0 bridgehead atoms. The largest absolute Gasteiger partial charge is 0.380 e. The Hall–Kier alpha value is -0.600. The molecule has 0 spiro atoms. The summed E-state index contributed by atoms with van der Waals surface area (Å²) in [4.78, 5) is 0. The lowest BCUT2D eigenvalue weighted by atomic mass is 10.2. The third-order valence-electron chi connectivity index (χ3n) is 1.68. The Morgan fingerprint density at radius 3 is 3.00 bits per heavy atom. The van der Waals surface area contributed by atoms with Crippen LogP contribution in [0.5, 0.6) is 0 Å². The summed E-state index contributed by atoms with van der Waals surface area (Å²) in [6.45, 7) is 2.11. The summed E-state index contributed by atoms with van der Waals surface area (Å²) in [7, 11) is 0. The first-order chi connectivity index (χ1) is 5.43. The number of nitrogens with two attached hydrogens (primary N) is 1. The third-order valence-corrected chi connectivity index (χ3v) is 1.68. The van der Waals surface area contributed by atoms with Gasteiger partial charge in [-0.3, -0.25) is 0 Å². The maximum Gasteiger partial charge on any atom is 0.0588 e. The van der Waals surface area contributed by atoms with E-state index in [1.54, 1.807) is 0 Å². The van der Waals surface area contributed by atoms with Gasteiger partial charge in [0.2, 0.25) is 0 Å². The molecule has 0 aromatic heterocycles. The maximum atomic E-state index is 5.27. The average molecular weight is 153 g/mol. The molecule has 0 atom stereocenters. The van der Waals surface area contributed by atoms with E-state index in [1.807, 2.05) is 0 Å². The highest BCUT2D eigenvalue weighted by Crippen LogP contribution is 2.13. The molecule has 2 heteroatoms. The molecule has 1 rings (SSSR count). The topological polar surface area (TPSA) is 35.2 Å². The molecule has 0 saturated heterocycles. The Bertz CT molecular complexity index is 161. The van der Waals surface area contributed by atoms with Gasteiger partial charge in [-0.15, -0.1) is 0 Å². The van der Waals surface area contributed by atoms with Crippen molar-refractivity contribution in [2.24, 2.45) is 5.73 Å². The molecule has 2 nitrogen and oxygen atoms in total. The van der Waals surface area contributed by atoms with Crippen LogP contribution in [0.4, 0.5) is 0 Å². The van der Waals surface area contributed by atoms with Crippen LogP contribution in [0.1, 0.15) is 12.8 Å². The Morgan fingerprint density at radius 2 is 2.36 bits per heavy atom. The van der Waals surface area contributed by atoms with Crippen LogP contribution in [-0.4, -0.2) is 19.8 Å². The van der Waals surface area contributed by atoms with Crippen LogP contribution in [0.15, 0.2) is 23.8 Å². The lowest BCUT2D eigenvalue weighted by Crippen LogP contribution is -2.09. The molecule has 0 fully saturated rings. The number of allylic oxidation sites excluding steroid dienone is 3. The smallest absolute Gasteiger partial charge is 0.0588 e. The molecule has 1 aliphatic rings. The van der Waals surface area contributed by atoms with E-state index in [0.717, 1.165) is 19.4 Å². The van der Waals surface area contributed by atoms with Gasteiger partial charge < -0.3 is 10.5 Å². The van der Waals surface area contributed by atoms with Gasteiger partial charge >= 0.3 is 0 Å². The molecule has 0 amide bonds. The van der Waals surface area contributed by atoms with Crippen molar-refractivity contribution in [1.82, 2.24) is 0 Å². The zero-order valence-corrected chi connectivity index (χ0v) is 6.75. The highest BCUT2D eigenvalue weighted by molar-refractivity contribution is 5.22. The Balaban J connectivity index is 1.95. The van der Waals surface area contributed by atoms with Crippen molar-refractivity contribution in [1.29, 1.82) is 0 Å². The summed E-state index contributed by atoms with van der Waals surface area (Å²) < 4.78 is 5.25. The fourth-order valence-electron chi connectivity index (χ4n) is 1.07. The molecule has 0 aromatic rings. The van der Waals surface area contributed by atoms with E-state index in [-0.39, 0.29) is 0 Å². The molecular formula is C9H15NO. The van der Waals surface area contributed by atoms with Crippen LogP contribution in [-0.2, 0) is 4.74 Å². The molecule has 0 aliphatic heterocycles. The van der Waals surface area contributed by atoms with Gasteiger partial charge in [-0.2, -0.15) is 0 Å². The molecule has 62 valence electrons. The average Bonchev–Trinajstić information content (AvgIpc) is 2.50. The van der Waals surface area contributed by atoms with E-state index < -0.39 is 0 Å². The number of hydrogen-bond donors (Lipinski definition) is 1. The molecular weight excluding hydrogens is 138 g/mol. The first-order valence-corrected chi connectivity index (χ1v) is 4.06. The molecule has 0 saturated carbocycles. The fourth-order valence-corrected chi connectivity index (χ4v) is 1.07. The first-order valence-electron chi connectivity index (χ1n) is 4.06. The molecule has 1 aliphatic carbocycles. The van der Waals surface area contributed by atoms with Gasteiger partial charge in [0.15, 0.2) is 0 Å². The summed E-state index contributed by atoms with van der Waals surface area (Å²) in [6.07, 6.45) is 8.57. The Labute approximate surface area is 67.7 Å². The second kappa shape index (κ2) is 5.10. The first kappa shape index (κ1) is 8.50. The lowest BCUT2D eigenvalue weighted by molar-refractivity contribution is 0.144. The second-order valence-corrected chi connectivity index (χ2v) is 2.61. The van der Waals surface area contributed by atoms with Gasteiger partial charge in [0.25, 0.3) is 0 Å². The lowest BCUT2D eigenvalue weighted by Gasteiger charge is -2.02. The van der Waals surface area contributed by atoms with E-state index in [0.29, 0.717) is 13.2 Å². The molecule has 0 radical (unpaired) electrons. The van der Waals surface area contributed by atoms with Crippen molar-refractivity contribution in [3.05, 3.63) is 23.8 Å². The highest BCUT2D eigenvalue weighted by Gasteiger charge is 1.97. The molecule has 2 N–H and O–H groups in total. The Morgan fingerprint density at radius 1 is 1.45 bits per heavy atom. The second-order valence-electron chi connectivity index (χ2n) is 2.61. The third kappa shape index (κ3) is 3.35. The molecule has 0 heterocycles. The van der Waals surface area contributed by atoms with Gasteiger partial charge in [-0.05, 0) is 12.8 Å². The van der Waals surface area contributed by atoms with Gasteiger partial charge in [-0.1, -0.05) is 23.8 Å². The van der Waals surface area contributed by atoms with E-state index in [1.165, 1.54) is 5.57 Å². The van der Waals surface area contributed by atoms with E-state index >= 15 is 0 Å². The zero-order valence-electron chi connectivity index (χ0n) is 6.75. The van der Waals surface area contributed by atoms with Crippen molar-refractivity contribution in [3.8, 4) is 0 Å². The normalized spacial score (nSPS) is 15.5. The summed E-state index contributed by atoms with van der Waals surface area (Å²) in [6, 6.07) is 0. The van der Waals surface area contributed by atoms with Crippen LogP contribution in [0.2, 0.25) is 0 Å². The van der Waals surface area contributed by atoms with Gasteiger partial charge in [0, 0.05) is 6.54 Å². The number of ether oxygens (including phenoxy) is 1. The van der Waals surface area contributed by atoms with Gasteiger partial charge in [-0.25, -0.2) is 0 Å². The molecule has 0 aromatic carbocycles. The van der Waals surface area contributed by atoms with E-state index in [2.05, 4.69) is 18.2 Å². The SMILES string of the molecule is NCCOCCC1=CC=CC1. The van der Waals surface area contributed by atoms with Crippen LogP contribution >= 0.6 is 0 Å². The maximum absolute atomic E-state index is 5.27. The van der Waals surface area contributed by atoms with Crippen molar-refractivity contribution < 1.29 is 4.74 Å². The monoisotopic (exact) mass is 153 g/mol. The zero-order chi connectivity index (χ0) is 7.94. The quantitative estimate of drug-likeness (QED) is 0.603.